The first kappa shape index (κ1) is 15.8. The third kappa shape index (κ3) is 3.74. The lowest BCUT2D eigenvalue weighted by Crippen LogP contribution is -2.31. The molecular weight excluding hydrogens is 331 g/mol. The number of aromatic nitrogens is 1. The highest BCUT2D eigenvalue weighted by atomic mass is 79.9. The van der Waals surface area contributed by atoms with Crippen LogP contribution in [0.3, 0.4) is 0 Å². The molecule has 112 valence electrons. The summed E-state index contributed by atoms with van der Waals surface area (Å²) in [6.45, 7) is 2.08. The maximum Gasteiger partial charge on any atom is 0.391 e. The minimum absolute atomic E-state index is 0.187. The second kappa shape index (κ2) is 6.46. The van der Waals surface area contributed by atoms with Gasteiger partial charge in [0, 0.05) is 22.6 Å². The summed E-state index contributed by atoms with van der Waals surface area (Å²) in [5, 5.41) is 0. The first-order chi connectivity index (χ1) is 9.39. The standard InChI is InChI=1S/C15H19BrF3N/c1-10(13-4-2-3-9-20-13)14(16)11-5-7-12(8-6-11)15(17,18)19/h2-4,9-12,14H,5-8H2,1H3. The van der Waals surface area contributed by atoms with Gasteiger partial charge in [0.15, 0.2) is 0 Å². The van der Waals surface area contributed by atoms with Crippen molar-refractivity contribution >= 4 is 15.9 Å². The van der Waals surface area contributed by atoms with Crippen LogP contribution < -0.4 is 0 Å². The summed E-state index contributed by atoms with van der Waals surface area (Å²) in [4.78, 5) is 4.53. The van der Waals surface area contributed by atoms with Gasteiger partial charge < -0.3 is 0 Å². The van der Waals surface area contributed by atoms with Gasteiger partial charge in [-0.3, -0.25) is 4.98 Å². The Morgan fingerprint density at radius 1 is 1.20 bits per heavy atom. The number of alkyl halides is 4. The average molecular weight is 350 g/mol. The van der Waals surface area contributed by atoms with Crippen molar-refractivity contribution in [2.45, 2.75) is 49.5 Å². The molecule has 0 aromatic carbocycles. The van der Waals surface area contributed by atoms with Crippen molar-refractivity contribution in [3.8, 4) is 0 Å². The summed E-state index contributed by atoms with van der Waals surface area (Å²) in [5.41, 5.74) is 0.993. The monoisotopic (exact) mass is 349 g/mol. The number of nitrogens with zero attached hydrogens (tertiary/aromatic N) is 1. The van der Waals surface area contributed by atoms with Crippen molar-refractivity contribution in [2.75, 3.05) is 0 Å². The molecule has 0 spiro atoms. The fraction of sp³-hybridized carbons (Fsp3) is 0.667. The van der Waals surface area contributed by atoms with Crippen LogP contribution in [0.25, 0.3) is 0 Å². The molecule has 20 heavy (non-hydrogen) atoms. The molecule has 1 aromatic rings. The van der Waals surface area contributed by atoms with Gasteiger partial charge in [-0.1, -0.05) is 28.9 Å². The van der Waals surface area contributed by atoms with E-state index in [0.29, 0.717) is 18.8 Å². The second-order valence-electron chi connectivity index (χ2n) is 5.64. The molecule has 0 amide bonds. The summed E-state index contributed by atoms with van der Waals surface area (Å²) in [6.07, 6.45) is -0.490. The molecule has 1 heterocycles. The van der Waals surface area contributed by atoms with Crippen molar-refractivity contribution in [2.24, 2.45) is 11.8 Å². The Morgan fingerprint density at radius 3 is 2.35 bits per heavy atom. The molecule has 5 heteroatoms. The molecule has 0 saturated heterocycles. The van der Waals surface area contributed by atoms with Gasteiger partial charge in [-0.25, -0.2) is 0 Å². The van der Waals surface area contributed by atoms with E-state index in [0.717, 1.165) is 5.69 Å². The molecule has 0 N–H and O–H groups in total. The smallest absolute Gasteiger partial charge is 0.261 e. The van der Waals surface area contributed by atoms with Crippen LogP contribution in [0.2, 0.25) is 0 Å². The van der Waals surface area contributed by atoms with Crippen LogP contribution in [-0.2, 0) is 0 Å². The van der Waals surface area contributed by atoms with E-state index in [2.05, 4.69) is 27.8 Å². The second-order valence-corrected chi connectivity index (χ2v) is 6.70. The molecule has 2 unspecified atom stereocenters. The molecule has 1 nitrogen and oxygen atoms in total. The van der Waals surface area contributed by atoms with Crippen LogP contribution in [0.15, 0.2) is 24.4 Å². The first-order valence-corrected chi connectivity index (χ1v) is 7.93. The summed E-state index contributed by atoms with van der Waals surface area (Å²) in [7, 11) is 0. The van der Waals surface area contributed by atoms with Crippen LogP contribution in [0.5, 0.6) is 0 Å². The molecule has 1 fully saturated rings. The summed E-state index contributed by atoms with van der Waals surface area (Å²) in [6, 6.07) is 5.79. The lowest BCUT2D eigenvalue weighted by molar-refractivity contribution is -0.183. The zero-order chi connectivity index (χ0) is 14.8. The Bertz CT molecular complexity index is 413. The largest absolute Gasteiger partial charge is 0.391 e. The minimum Gasteiger partial charge on any atom is -0.261 e. The number of rotatable bonds is 3. The lowest BCUT2D eigenvalue weighted by Gasteiger charge is -2.34. The number of halogens is 4. The minimum atomic E-state index is -4.03. The first-order valence-electron chi connectivity index (χ1n) is 7.01. The predicted molar refractivity (Wildman–Crippen MR) is 76.9 cm³/mol. The van der Waals surface area contributed by atoms with Gasteiger partial charge in [-0.05, 0) is 43.7 Å². The zero-order valence-corrected chi connectivity index (χ0v) is 13.0. The molecular formula is C15H19BrF3N. The van der Waals surface area contributed by atoms with Gasteiger partial charge in [0.05, 0.1) is 5.92 Å². The van der Waals surface area contributed by atoms with Gasteiger partial charge in [0.1, 0.15) is 0 Å². The summed E-state index contributed by atoms with van der Waals surface area (Å²) < 4.78 is 38.0. The molecule has 2 atom stereocenters. The highest BCUT2D eigenvalue weighted by Gasteiger charge is 2.42. The van der Waals surface area contributed by atoms with Crippen molar-refractivity contribution < 1.29 is 13.2 Å². The van der Waals surface area contributed by atoms with Crippen molar-refractivity contribution in [3.63, 3.8) is 0 Å². The molecule has 0 radical (unpaired) electrons. The van der Waals surface area contributed by atoms with Crippen LogP contribution in [0.4, 0.5) is 13.2 Å². The van der Waals surface area contributed by atoms with E-state index < -0.39 is 12.1 Å². The van der Waals surface area contributed by atoms with E-state index in [1.54, 1.807) is 6.20 Å². The highest BCUT2D eigenvalue weighted by Crippen LogP contribution is 2.43. The maximum absolute atomic E-state index is 12.7. The topological polar surface area (TPSA) is 12.9 Å². The normalized spacial score (nSPS) is 27.1. The zero-order valence-electron chi connectivity index (χ0n) is 11.4. The van der Waals surface area contributed by atoms with Crippen LogP contribution in [0, 0.1) is 11.8 Å². The Morgan fingerprint density at radius 2 is 1.85 bits per heavy atom. The molecule has 1 aliphatic carbocycles. The summed E-state index contributed by atoms with van der Waals surface area (Å²) >= 11 is 3.69. The quantitative estimate of drug-likeness (QED) is 0.673. The van der Waals surface area contributed by atoms with Crippen LogP contribution >= 0.6 is 15.9 Å². The Hall–Kier alpha value is -0.580. The van der Waals surface area contributed by atoms with E-state index in [4.69, 9.17) is 0 Å². The van der Waals surface area contributed by atoms with Crippen molar-refractivity contribution in [1.82, 2.24) is 4.98 Å². The fourth-order valence-corrected chi connectivity index (χ4v) is 3.78. The Kier molecular flexibility index (Phi) is 5.10. The van der Waals surface area contributed by atoms with Crippen LogP contribution in [0.1, 0.15) is 44.2 Å². The van der Waals surface area contributed by atoms with E-state index in [1.165, 1.54) is 0 Å². The number of hydrogen-bond acceptors (Lipinski definition) is 1. The molecule has 1 saturated carbocycles. The fourth-order valence-electron chi connectivity index (χ4n) is 2.98. The molecule has 2 rings (SSSR count). The van der Waals surface area contributed by atoms with Gasteiger partial charge in [-0.2, -0.15) is 13.2 Å². The third-order valence-corrected chi connectivity index (χ3v) is 5.86. The van der Waals surface area contributed by atoms with E-state index in [-0.39, 0.29) is 23.6 Å². The van der Waals surface area contributed by atoms with E-state index in [9.17, 15) is 13.2 Å². The number of hydrogen-bond donors (Lipinski definition) is 0. The molecule has 0 bridgehead atoms. The lowest BCUT2D eigenvalue weighted by atomic mass is 9.77. The van der Waals surface area contributed by atoms with Gasteiger partial charge in [0.25, 0.3) is 0 Å². The van der Waals surface area contributed by atoms with Crippen molar-refractivity contribution in [3.05, 3.63) is 30.1 Å². The highest BCUT2D eigenvalue weighted by molar-refractivity contribution is 9.09. The number of pyridine rings is 1. The summed E-state index contributed by atoms with van der Waals surface area (Å²) in [5.74, 6) is -0.599. The molecule has 0 aliphatic heterocycles. The predicted octanol–water partition coefficient (Wildman–Crippen LogP) is 5.32. The van der Waals surface area contributed by atoms with E-state index in [1.807, 2.05) is 18.2 Å². The van der Waals surface area contributed by atoms with Gasteiger partial charge >= 0.3 is 6.18 Å². The van der Waals surface area contributed by atoms with Gasteiger partial charge in [0.2, 0.25) is 0 Å². The Balaban J connectivity index is 1.93. The van der Waals surface area contributed by atoms with Crippen LogP contribution in [-0.4, -0.2) is 16.0 Å². The van der Waals surface area contributed by atoms with E-state index >= 15 is 0 Å². The molecule has 1 aromatic heterocycles. The third-order valence-electron chi connectivity index (χ3n) is 4.32. The Labute approximate surface area is 126 Å². The molecule has 1 aliphatic rings. The maximum atomic E-state index is 12.7. The van der Waals surface area contributed by atoms with Crippen molar-refractivity contribution in [1.29, 1.82) is 0 Å². The van der Waals surface area contributed by atoms with Gasteiger partial charge in [-0.15, -0.1) is 0 Å². The SMILES string of the molecule is CC(c1ccccn1)C(Br)C1CCC(C(F)(F)F)CC1. The average Bonchev–Trinajstić information content (AvgIpc) is 2.46.